The van der Waals surface area contributed by atoms with Crippen molar-refractivity contribution >= 4 is 21.6 Å². The van der Waals surface area contributed by atoms with Crippen LogP contribution >= 0.6 is 0 Å². The standard InChI is InChI=1S/C24H23FN2O4S/c25-20-9-7-18(8-10-20)16-26-24(28)17-31-21-11-13-22(14-12-21)32(29,30)27-15-3-5-19-4-1-2-6-23(19)27/h1-2,4,6-14H,3,5,15-17H2,(H,26,28). The normalized spacial score (nSPS) is 13.3. The number of ether oxygens (including phenoxy) is 1. The average Bonchev–Trinajstić information content (AvgIpc) is 2.82. The first-order valence-corrected chi connectivity index (χ1v) is 11.7. The van der Waals surface area contributed by atoms with Crippen LogP contribution in [-0.4, -0.2) is 27.5 Å². The van der Waals surface area contributed by atoms with Gasteiger partial charge in [-0.3, -0.25) is 9.10 Å². The highest BCUT2D eigenvalue weighted by atomic mass is 32.2. The molecule has 166 valence electrons. The number of benzene rings is 3. The third-order valence-corrected chi connectivity index (χ3v) is 7.08. The Labute approximate surface area is 186 Å². The van der Waals surface area contributed by atoms with Crippen molar-refractivity contribution in [1.29, 1.82) is 0 Å². The van der Waals surface area contributed by atoms with Gasteiger partial charge in [0.25, 0.3) is 15.9 Å². The quantitative estimate of drug-likeness (QED) is 0.591. The zero-order chi connectivity index (χ0) is 22.6. The number of aryl methyl sites for hydroxylation is 1. The third-order valence-electron chi connectivity index (χ3n) is 5.25. The van der Waals surface area contributed by atoms with Crippen molar-refractivity contribution in [2.75, 3.05) is 17.5 Å². The molecule has 1 aliphatic rings. The van der Waals surface area contributed by atoms with Crippen LogP contribution in [0.15, 0.2) is 77.7 Å². The minimum atomic E-state index is -3.69. The largest absolute Gasteiger partial charge is 0.484 e. The van der Waals surface area contributed by atoms with Crippen molar-refractivity contribution in [3.63, 3.8) is 0 Å². The molecule has 0 aliphatic carbocycles. The van der Waals surface area contributed by atoms with Crippen LogP contribution in [-0.2, 0) is 27.8 Å². The van der Waals surface area contributed by atoms with Crippen LogP contribution < -0.4 is 14.4 Å². The van der Waals surface area contributed by atoms with E-state index < -0.39 is 10.0 Å². The topological polar surface area (TPSA) is 75.7 Å². The highest BCUT2D eigenvalue weighted by Crippen LogP contribution is 2.32. The van der Waals surface area contributed by atoms with E-state index in [0.29, 0.717) is 12.3 Å². The molecule has 0 atom stereocenters. The van der Waals surface area contributed by atoms with Gasteiger partial charge in [0.2, 0.25) is 0 Å². The zero-order valence-electron chi connectivity index (χ0n) is 17.3. The number of hydrogen-bond acceptors (Lipinski definition) is 4. The fourth-order valence-electron chi connectivity index (χ4n) is 3.59. The van der Waals surface area contributed by atoms with E-state index in [2.05, 4.69) is 5.32 Å². The number of anilines is 1. The summed E-state index contributed by atoms with van der Waals surface area (Å²) in [6.45, 7) is 0.482. The Hall–Kier alpha value is -3.39. The van der Waals surface area contributed by atoms with E-state index in [1.807, 2.05) is 24.3 Å². The number of sulfonamides is 1. The van der Waals surface area contributed by atoms with Crippen LogP contribution in [0.3, 0.4) is 0 Å². The number of carbonyl (C=O) groups is 1. The van der Waals surface area contributed by atoms with Gasteiger partial charge in [0.1, 0.15) is 11.6 Å². The van der Waals surface area contributed by atoms with Crippen molar-refractivity contribution < 1.29 is 22.3 Å². The molecule has 1 heterocycles. The number of carbonyl (C=O) groups excluding carboxylic acids is 1. The maximum atomic E-state index is 13.2. The van der Waals surface area contributed by atoms with E-state index >= 15 is 0 Å². The summed E-state index contributed by atoms with van der Waals surface area (Å²) in [4.78, 5) is 12.2. The van der Waals surface area contributed by atoms with Crippen LogP contribution in [0.2, 0.25) is 0 Å². The molecule has 0 saturated heterocycles. The van der Waals surface area contributed by atoms with E-state index in [1.54, 1.807) is 12.1 Å². The van der Waals surface area contributed by atoms with Crippen molar-refractivity contribution in [3.05, 3.63) is 89.7 Å². The first kappa shape index (κ1) is 21.8. The Balaban J connectivity index is 1.36. The maximum Gasteiger partial charge on any atom is 0.264 e. The zero-order valence-corrected chi connectivity index (χ0v) is 18.1. The molecule has 0 aromatic heterocycles. The molecule has 1 N–H and O–H groups in total. The number of nitrogens with zero attached hydrogens (tertiary/aromatic N) is 1. The molecule has 0 spiro atoms. The maximum absolute atomic E-state index is 13.2. The molecule has 3 aromatic rings. The van der Waals surface area contributed by atoms with Gasteiger partial charge in [-0.25, -0.2) is 12.8 Å². The second-order valence-electron chi connectivity index (χ2n) is 7.47. The van der Waals surface area contributed by atoms with Crippen LogP contribution in [0.4, 0.5) is 10.1 Å². The lowest BCUT2D eigenvalue weighted by Crippen LogP contribution is -2.35. The number of nitrogens with one attached hydrogen (secondary N) is 1. The fourth-order valence-corrected chi connectivity index (χ4v) is 5.13. The lowest BCUT2D eigenvalue weighted by Gasteiger charge is -2.30. The predicted molar refractivity (Wildman–Crippen MR) is 119 cm³/mol. The molecule has 4 rings (SSSR count). The SMILES string of the molecule is O=C(COc1ccc(S(=O)(=O)N2CCCc3ccccc32)cc1)NCc1ccc(F)cc1. The highest BCUT2D eigenvalue weighted by Gasteiger charge is 2.28. The first-order valence-electron chi connectivity index (χ1n) is 10.3. The van der Waals surface area contributed by atoms with Crippen LogP contribution in [0.1, 0.15) is 17.5 Å². The summed E-state index contributed by atoms with van der Waals surface area (Å²) in [5, 5.41) is 2.69. The van der Waals surface area contributed by atoms with E-state index in [4.69, 9.17) is 4.74 Å². The van der Waals surface area contributed by atoms with E-state index in [0.717, 1.165) is 29.7 Å². The molecule has 0 radical (unpaired) electrons. The summed E-state index contributed by atoms with van der Waals surface area (Å²) in [6, 6.07) is 19.4. The molecule has 1 aliphatic heterocycles. The Kier molecular flexibility index (Phi) is 6.41. The van der Waals surface area contributed by atoms with Gasteiger partial charge in [-0.05, 0) is 66.4 Å². The van der Waals surface area contributed by atoms with Gasteiger partial charge in [0, 0.05) is 13.1 Å². The van der Waals surface area contributed by atoms with E-state index in [9.17, 15) is 17.6 Å². The van der Waals surface area contributed by atoms with Crippen molar-refractivity contribution in [3.8, 4) is 5.75 Å². The smallest absolute Gasteiger partial charge is 0.264 e. The Morgan fingerprint density at radius 1 is 1.00 bits per heavy atom. The summed E-state index contributed by atoms with van der Waals surface area (Å²) in [6.07, 6.45) is 1.63. The number of halogens is 1. The van der Waals surface area contributed by atoms with Crippen LogP contribution in [0.5, 0.6) is 5.75 Å². The summed E-state index contributed by atoms with van der Waals surface area (Å²) >= 11 is 0. The second kappa shape index (κ2) is 9.40. The lowest BCUT2D eigenvalue weighted by atomic mass is 10.0. The molecule has 3 aromatic carbocycles. The van der Waals surface area contributed by atoms with E-state index in [1.165, 1.54) is 40.7 Å². The van der Waals surface area contributed by atoms with E-state index in [-0.39, 0.29) is 29.8 Å². The summed E-state index contributed by atoms with van der Waals surface area (Å²) in [5.74, 6) is -0.283. The summed E-state index contributed by atoms with van der Waals surface area (Å²) < 4.78 is 46.2. The Bertz CT molecular complexity index is 1200. The minimum Gasteiger partial charge on any atom is -0.484 e. The van der Waals surface area contributed by atoms with Gasteiger partial charge in [-0.2, -0.15) is 0 Å². The predicted octanol–water partition coefficient (Wildman–Crippen LogP) is 3.66. The number of amides is 1. The molecule has 1 amide bonds. The Morgan fingerprint density at radius 3 is 2.47 bits per heavy atom. The van der Waals surface area contributed by atoms with Gasteiger partial charge in [0.15, 0.2) is 6.61 Å². The first-order chi connectivity index (χ1) is 15.4. The van der Waals surface area contributed by atoms with Gasteiger partial charge in [-0.1, -0.05) is 30.3 Å². The fraction of sp³-hybridized carbons (Fsp3) is 0.208. The number of rotatable bonds is 7. The van der Waals surface area contributed by atoms with Gasteiger partial charge >= 0.3 is 0 Å². The van der Waals surface area contributed by atoms with Gasteiger partial charge in [0.05, 0.1) is 10.6 Å². The van der Waals surface area contributed by atoms with Crippen LogP contribution in [0.25, 0.3) is 0 Å². The van der Waals surface area contributed by atoms with Gasteiger partial charge in [-0.15, -0.1) is 0 Å². The Morgan fingerprint density at radius 2 is 1.72 bits per heavy atom. The highest BCUT2D eigenvalue weighted by molar-refractivity contribution is 7.92. The second-order valence-corrected chi connectivity index (χ2v) is 9.34. The average molecular weight is 455 g/mol. The number of para-hydroxylation sites is 1. The van der Waals surface area contributed by atoms with Crippen molar-refractivity contribution in [1.82, 2.24) is 5.32 Å². The number of fused-ring (bicyclic) bond motifs is 1. The van der Waals surface area contributed by atoms with Crippen LogP contribution in [0, 0.1) is 5.82 Å². The molecule has 0 fully saturated rings. The molecule has 0 unspecified atom stereocenters. The summed E-state index contributed by atoms with van der Waals surface area (Å²) in [7, 11) is -3.69. The molecular formula is C24H23FN2O4S. The summed E-state index contributed by atoms with van der Waals surface area (Å²) in [5.41, 5.74) is 2.51. The van der Waals surface area contributed by atoms with Gasteiger partial charge < -0.3 is 10.1 Å². The molecule has 6 nitrogen and oxygen atoms in total. The third kappa shape index (κ3) is 4.91. The molecular weight excluding hydrogens is 431 g/mol. The molecule has 8 heteroatoms. The monoisotopic (exact) mass is 454 g/mol. The molecule has 32 heavy (non-hydrogen) atoms. The minimum absolute atomic E-state index is 0.169. The molecule has 0 saturated carbocycles. The van der Waals surface area contributed by atoms with Crippen molar-refractivity contribution in [2.45, 2.75) is 24.3 Å². The number of hydrogen-bond donors (Lipinski definition) is 1. The molecule has 0 bridgehead atoms. The lowest BCUT2D eigenvalue weighted by molar-refractivity contribution is -0.123. The van der Waals surface area contributed by atoms with Crippen molar-refractivity contribution in [2.24, 2.45) is 0 Å².